The van der Waals surface area contributed by atoms with Crippen molar-refractivity contribution in [3.05, 3.63) is 28.8 Å². The quantitative estimate of drug-likeness (QED) is 0.840. The Morgan fingerprint density at radius 1 is 1.33 bits per heavy atom. The van der Waals surface area contributed by atoms with E-state index in [2.05, 4.69) is 10.0 Å². The van der Waals surface area contributed by atoms with Crippen LogP contribution in [0, 0.1) is 12.8 Å². The van der Waals surface area contributed by atoms with E-state index in [9.17, 15) is 8.42 Å². The zero-order chi connectivity index (χ0) is 13.8. The zero-order valence-electron chi connectivity index (χ0n) is 10.8. The molecular formula is C12H19ClN2O2S. The molecule has 1 atom stereocenters. The third kappa shape index (κ3) is 3.95. The van der Waals surface area contributed by atoms with Gasteiger partial charge in [0.15, 0.2) is 0 Å². The maximum Gasteiger partial charge on any atom is 0.240 e. The predicted molar refractivity (Wildman–Crippen MR) is 74.5 cm³/mol. The molecule has 1 aromatic carbocycles. The molecule has 0 aliphatic heterocycles. The zero-order valence-corrected chi connectivity index (χ0v) is 12.4. The molecule has 0 heterocycles. The van der Waals surface area contributed by atoms with Crippen LogP contribution in [-0.4, -0.2) is 28.6 Å². The summed E-state index contributed by atoms with van der Waals surface area (Å²) in [6.45, 7) is 4.84. The van der Waals surface area contributed by atoms with Gasteiger partial charge in [-0.05, 0) is 44.1 Å². The van der Waals surface area contributed by atoms with Gasteiger partial charge in [0.25, 0.3) is 0 Å². The first kappa shape index (κ1) is 15.4. The monoisotopic (exact) mass is 290 g/mol. The van der Waals surface area contributed by atoms with Crippen molar-refractivity contribution in [3.63, 3.8) is 0 Å². The summed E-state index contributed by atoms with van der Waals surface area (Å²) < 4.78 is 26.8. The fourth-order valence-corrected chi connectivity index (χ4v) is 3.29. The van der Waals surface area contributed by atoms with Gasteiger partial charge in [-0.15, -0.1) is 0 Å². The number of hydrogen-bond acceptors (Lipinski definition) is 3. The van der Waals surface area contributed by atoms with Crippen molar-refractivity contribution >= 4 is 21.6 Å². The van der Waals surface area contributed by atoms with Crippen LogP contribution in [0.2, 0.25) is 5.02 Å². The number of nitrogens with one attached hydrogen (secondary N) is 2. The van der Waals surface area contributed by atoms with Crippen LogP contribution in [0.25, 0.3) is 0 Å². The minimum Gasteiger partial charge on any atom is -0.319 e. The summed E-state index contributed by atoms with van der Waals surface area (Å²) in [4.78, 5) is 0.242. The maximum atomic E-state index is 12.1. The van der Waals surface area contributed by atoms with Gasteiger partial charge in [-0.1, -0.05) is 24.6 Å². The molecule has 0 aliphatic rings. The van der Waals surface area contributed by atoms with Crippen molar-refractivity contribution in [2.45, 2.75) is 18.7 Å². The highest BCUT2D eigenvalue weighted by molar-refractivity contribution is 7.89. The van der Waals surface area contributed by atoms with E-state index >= 15 is 0 Å². The first-order chi connectivity index (χ1) is 8.38. The summed E-state index contributed by atoms with van der Waals surface area (Å²) in [5.41, 5.74) is 0.577. The molecule has 6 heteroatoms. The Bertz CT molecular complexity index is 503. The van der Waals surface area contributed by atoms with Crippen molar-refractivity contribution in [1.82, 2.24) is 10.0 Å². The van der Waals surface area contributed by atoms with E-state index in [1.54, 1.807) is 25.1 Å². The van der Waals surface area contributed by atoms with Gasteiger partial charge in [0.1, 0.15) is 0 Å². The molecule has 0 fully saturated rings. The van der Waals surface area contributed by atoms with Gasteiger partial charge in [0.2, 0.25) is 10.0 Å². The summed E-state index contributed by atoms with van der Waals surface area (Å²) in [7, 11) is -1.65. The Morgan fingerprint density at radius 2 is 2.00 bits per heavy atom. The molecule has 102 valence electrons. The lowest BCUT2D eigenvalue weighted by molar-refractivity contribution is 0.518. The average molecular weight is 291 g/mol. The Balaban J connectivity index is 2.84. The number of halogens is 1. The molecule has 1 aromatic rings. The van der Waals surface area contributed by atoms with Gasteiger partial charge in [0.05, 0.1) is 4.90 Å². The van der Waals surface area contributed by atoms with Crippen LogP contribution in [0.1, 0.15) is 12.5 Å². The smallest absolute Gasteiger partial charge is 0.240 e. The number of sulfonamides is 1. The topological polar surface area (TPSA) is 58.2 Å². The summed E-state index contributed by atoms with van der Waals surface area (Å²) in [6.07, 6.45) is 0. The highest BCUT2D eigenvalue weighted by Crippen LogP contribution is 2.22. The Kier molecular flexibility index (Phi) is 5.59. The van der Waals surface area contributed by atoms with Gasteiger partial charge in [-0.2, -0.15) is 0 Å². The molecule has 4 nitrogen and oxygen atoms in total. The molecule has 0 amide bonds. The lowest BCUT2D eigenvalue weighted by atomic mass is 10.2. The van der Waals surface area contributed by atoms with Gasteiger partial charge >= 0.3 is 0 Å². The first-order valence-corrected chi connectivity index (χ1v) is 7.64. The molecule has 0 saturated carbocycles. The number of benzene rings is 1. The van der Waals surface area contributed by atoms with E-state index in [1.807, 2.05) is 14.0 Å². The maximum absolute atomic E-state index is 12.1. The van der Waals surface area contributed by atoms with E-state index in [1.165, 1.54) is 0 Å². The van der Waals surface area contributed by atoms with E-state index < -0.39 is 10.0 Å². The van der Waals surface area contributed by atoms with Crippen LogP contribution in [0.5, 0.6) is 0 Å². The van der Waals surface area contributed by atoms with Gasteiger partial charge < -0.3 is 5.32 Å². The molecule has 0 radical (unpaired) electrons. The fourth-order valence-electron chi connectivity index (χ4n) is 1.63. The van der Waals surface area contributed by atoms with E-state index in [0.717, 1.165) is 6.54 Å². The highest BCUT2D eigenvalue weighted by Gasteiger charge is 2.18. The van der Waals surface area contributed by atoms with Crippen LogP contribution in [-0.2, 0) is 10.0 Å². The third-order valence-electron chi connectivity index (χ3n) is 2.68. The van der Waals surface area contributed by atoms with Crippen molar-refractivity contribution in [2.75, 3.05) is 20.1 Å². The van der Waals surface area contributed by atoms with Crippen molar-refractivity contribution in [3.8, 4) is 0 Å². The van der Waals surface area contributed by atoms with Crippen LogP contribution in [0.3, 0.4) is 0 Å². The van der Waals surface area contributed by atoms with Crippen molar-refractivity contribution in [1.29, 1.82) is 0 Å². The second kappa shape index (κ2) is 6.52. The summed E-state index contributed by atoms with van der Waals surface area (Å²) in [6, 6.07) is 4.88. The minimum atomic E-state index is -3.49. The van der Waals surface area contributed by atoms with Gasteiger partial charge in [0, 0.05) is 11.6 Å². The largest absolute Gasteiger partial charge is 0.319 e. The van der Waals surface area contributed by atoms with Gasteiger partial charge in [-0.3, -0.25) is 0 Å². The molecule has 0 aromatic heterocycles. The Labute approximate surface area is 114 Å². The first-order valence-electron chi connectivity index (χ1n) is 5.78. The molecule has 0 spiro atoms. The second-order valence-electron chi connectivity index (χ2n) is 4.38. The standard InChI is InChI=1S/C12H19ClN2O2S/c1-9(7-14-3)8-15-18(16,17)12-6-4-5-11(13)10(12)2/h4-6,9,14-15H,7-8H2,1-3H3. The molecule has 2 N–H and O–H groups in total. The van der Waals surface area contributed by atoms with Crippen LogP contribution in [0.15, 0.2) is 23.1 Å². The second-order valence-corrected chi connectivity index (χ2v) is 6.52. The van der Waals surface area contributed by atoms with E-state index in [0.29, 0.717) is 17.1 Å². The molecule has 0 saturated heterocycles. The van der Waals surface area contributed by atoms with Gasteiger partial charge in [-0.25, -0.2) is 13.1 Å². The lowest BCUT2D eigenvalue weighted by Gasteiger charge is -2.14. The van der Waals surface area contributed by atoms with E-state index in [4.69, 9.17) is 11.6 Å². The average Bonchev–Trinajstić information content (AvgIpc) is 2.30. The van der Waals surface area contributed by atoms with Crippen LogP contribution in [0.4, 0.5) is 0 Å². The lowest BCUT2D eigenvalue weighted by Crippen LogP contribution is -2.32. The summed E-state index contributed by atoms with van der Waals surface area (Å²) in [5.74, 6) is 0.226. The Morgan fingerprint density at radius 3 is 2.61 bits per heavy atom. The van der Waals surface area contributed by atoms with E-state index in [-0.39, 0.29) is 10.8 Å². The number of hydrogen-bond donors (Lipinski definition) is 2. The molecule has 0 aliphatic carbocycles. The Hall–Kier alpha value is -0.620. The third-order valence-corrected chi connectivity index (χ3v) is 4.66. The fraction of sp³-hybridized carbons (Fsp3) is 0.500. The van der Waals surface area contributed by atoms with Crippen molar-refractivity contribution in [2.24, 2.45) is 5.92 Å². The minimum absolute atomic E-state index is 0.226. The van der Waals surface area contributed by atoms with Crippen molar-refractivity contribution < 1.29 is 8.42 Å². The number of rotatable bonds is 6. The summed E-state index contributed by atoms with van der Waals surface area (Å²) >= 11 is 5.93. The molecule has 18 heavy (non-hydrogen) atoms. The van der Waals surface area contributed by atoms with Crippen LogP contribution >= 0.6 is 11.6 Å². The highest BCUT2D eigenvalue weighted by atomic mass is 35.5. The molecule has 1 unspecified atom stereocenters. The molecule has 0 bridgehead atoms. The summed E-state index contributed by atoms with van der Waals surface area (Å²) in [5, 5.41) is 3.47. The predicted octanol–water partition coefficient (Wildman–Crippen LogP) is 1.78. The molecule has 1 rings (SSSR count). The van der Waals surface area contributed by atoms with Crippen LogP contribution < -0.4 is 10.0 Å². The molecular weight excluding hydrogens is 272 g/mol. The normalized spacial score (nSPS) is 13.6. The SMILES string of the molecule is CNCC(C)CNS(=O)(=O)c1cccc(Cl)c1C.